The summed E-state index contributed by atoms with van der Waals surface area (Å²) in [7, 11) is -1.20. The minimum absolute atomic E-state index is 0.0375. The Kier molecular flexibility index (Phi) is 5.23. The third kappa shape index (κ3) is 3.77. The largest absolute Gasteiger partial charge is 0.497 e. The molecule has 0 aliphatic carbocycles. The minimum Gasteiger partial charge on any atom is -0.497 e. The molecular formula is C18H21N5O4S. The van der Waals surface area contributed by atoms with Crippen LogP contribution in [-0.2, 0) is 21.5 Å². The maximum Gasteiger partial charge on any atom is 0.345 e. The average molecular weight is 403 g/mol. The van der Waals surface area contributed by atoms with Crippen LogP contribution in [0, 0.1) is 6.92 Å². The maximum absolute atomic E-state index is 12.8. The van der Waals surface area contributed by atoms with Crippen molar-refractivity contribution in [2.24, 2.45) is 4.40 Å². The lowest BCUT2D eigenvalue weighted by molar-refractivity contribution is -0.113. The Bertz CT molecular complexity index is 1070. The van der Waals surface area contributed by atoms with Crippen LogP contribution in [0.25, 0.3) is 0 Å². The highest BCUT2D eigenvalue weighted by Crippen LogP contribution is 2.23. The molecule has 1 aliphatic rings. The van der Waals surface area contributed by atoms with E-state index < -0.39 is 16.1 Å². The normalized spacial score (nSPS) is 15.6. The highest BCUT2D eigenvalue weighted by molar-refractivity contribution is 7.88. The van der Waals surface area contributed by atoms with Crippen LogP contribution in [0.2, 0.25) is 0 Å². The van der Waals surface area contributed by atoms with E-state index >= 15 is 0 Å². The molecule has 28 heavy (non-hydrogen) atoms. The zero-order chi connectivity index (χ0) is 20.5. The van der Waals surface area contributed by atoms with Gasteiger partial charge in [0.05, 0.1) is 18.5 Å². The second kappa shape index (κ2) is 7.47. The third-order valence-electron chi connectivity index (χ3n) is 4.30. The molecule has 9 nitrogen and oxygen atoms in total. The number of carbonyl (C=O) groups is 1. The zero-order valence-electron chi connectivity index (χ0n) is 16.0. The first-order valence-electron chi connectivity index (χ1n) is 8.55. The molecule has 1 amide bonds. The van der Waals surface area contributed by atoms with Crippen molar-refractivity contribution in [3.05, 3.63) is 53.5 Å². The Labute approximate surface area is 163 Å². The lowest BCUT2D eigenvalue weighted by Gasteiger charge is -2.23. The molecule has 0 fully saturated rings. The number of anilines is 1. The van der Waals surface area contributed by atoms with Gasteiger partial charge in [0.25, 0.3) is 5.91 Å². The number of nitrogens with zero attached hydrogens (tertiary/aromatic N) is 4. The van der Waals surface area contributed by atoms with Gasteiger partial charge in [0, 0.05) is 31.0 Å². The molecule has 0 saturated carbocycles. The Morgan fingerprint density at radius 3 is 2.50 bits per heavy atom. The van der Waals surface area contributed by atoms with E-state index in [9.17, 15) is 13.2 Å². The number of nitrogens with one attached hydrogen (secondary N) is 1. The summed E-state index contributed by atoms with van der Waals surface area (Å²) >= 11 is 0. The van der Waals surface area contributed by atoms with E-state index in [1.54, 1.807) is 49.2 Å². The van der Waals surface area contributed by atoms with Crippen LogP contribution in [0.15, 0.2) is 46.6 Å². The van der Waals surface area contributed by atoms with Gasteiger partial charge in [0.2, 0.25) is 0 Å². The monoisotopic (exact) mass is 403 g/mol. The molecular weight excluding hydrogens is 382 g/mol. The molecule has 1 aromatic carbocycles. The van der Waals surface area contributed by atoms with Crippen molar-refractivity contribution < 1.29 is 17.9 Å². The Balaban J connectivity index is 1.95. The number of benzene rings is 1. The van der Waals surface area contributed by atoms with Gasteiger partial charge in [-0.05, 0) is 44.2 Å². The van der Waals surface area contributed by atoms with Crippen LogP contribution < -0.4 is 10.1 Å². The Hall–Kier alpha value is -3.14. The molecule has 2 heterocycles. The van der Waals surface area contributed by atoms with Crippen molar-refractivity contribution in [2.75, 3.05) is 19.5 Å². The molecule has 0 radical (unpaired) electrons. The number of amides is 1. The van der Waals surface area contributed by atoms with Gasteiger partial charge in [0.1, 0.15) is 11.4 Å². The molecule has 3 rings (SSSR count). The van der Waals surface area contributed by atoms with Gasteiger partial charge in [-0.25, -0.2) is 4.31 Å². The Morgan fingerprint density at radius 2 is 1.93 bits per heavy atom. The topological polar surface area (TPSA) is 106 Å². The molecule has 2 aromatic rings. The van der Waals surface area contributed by atoms with Gasteiger partial charge >= 0.3 is 10.2 Å². The summed E-state index contributed by atoms with van der Waals surface area (Å²) in [6.45, 7) is 4.32. The number of hydrogen-bond donors (Lipinski definition) is 1. The number of allylic oxidation sites excluding steroid dienone is 1. The molecule has 148 valence electrons. The van der Waals surface area contributed by atoms with Crippen molar-refractivity contribution in [1.29, 1.82) is 0 Å². The van der Waals surface area contributed by atoms with Crippen molar-refractivity contribution in [3.8, 4) is 5.75 Å². The predicted molar refractivity (Wildman–Crippen MR) is 106 cm³/mol. The molecule has 1 aliphatic heterocycles. The first-order chi connectivity index (χ1) is 13.2. The van der Waals surface area contributed by atoms with Gasteiger partial charge in [-0.15, -0.1) is 4.40 Å². The van der Waals surface area contributed by atoms with Gasteiger partial charge in [-0.1, -0.05) is 0 Å². The highest BCUT2D eigenvalue weighted by atomic mass is 32.2. The number of aryl methyl sites for hydroxylation is 2. The standard InChI is InChI=1S/C18H21N5O4S/c1-5-23-11-15(12(2)20-23)16-10-17(22(3)28(25,26)21-16)18(24)19-13-6-8-14(27-4)9-7-13/h6-11H,5H2,1-4H3,(H,19,24). The van der Waals surface area contributed by atoms with E-state index in [4.69, 9.17) is 4.74 Å². The van der Waals surface area contributed by atoms with Crippen LogP contribution in [0.5, 0.6) is 5.75 Å². The van der Waals surface area contributed by atoms with E-state index in [1.807, 2.05) is 6.92 Å². The van der Waals surface area contributed by atoms with Gasteiger partial charge in [0.15, 0.2) is 0 Å². The van der Waals surface area contributed by atoms with Gasteiger partial charge in [-0.3, -0.25) is 9.48 Å². The molecule has 0 atom stereocenters. The molecule has 0 spiro atoms. The molecule has 10 heteroatoms. The summed E-state index contributed by atoms with van der Waals surface area (Å²) in [5.74, 6) is 0.0802. The smallest absolute Gasteiger partial charge is 0.345 e. The summed E-state index contributed by atoms with van der Waals surface area (Å²) in [6.07, 6.45) is 3.16. The highest BCUT2D eigenvalue weighted by Gasteiger charge is 2.31. The SMILES string of the molecule is CCn1cc(C2=NS(=O)(=O)N(C)C(C(=O)Nc3ccc(OC)cc3)=C2)c(C)n1. The summed E-state index contributed by atoms with van der Waals surface area (Å²) in [6, 6.07) is 6.72. The number of aromatic nitrogens is 2. The van der Waals surface area contributed by atoms with E-state index in [-0.39, 0.29) is 11.4 Å². The van der Waals surface area contributed by atoms with E-state index in [2.05, 4.69) is 14.8 Å². The lowest BCUT2D eigenvalue weighted by atomic mass is 10.1. The van der Waals surface area contributed by atoms with Crippen LogP contribution in [0.1, 0.15) is 18.2 Å². The predicted octanol–water partition coefficient (Wildman–Crippen LogP) is 1.72. The Morgan fingerprint density at radius 1 is 1.25 bits per heavy atom. The fraction of sp³-hybridized carbons (Fsp3) is 0.278. The van der Waals surface area contributed by atoms with Crippen LogP contribution >= 0.6 is 0 Å². The first-order valence-corrected chi connectivity index (χ1v) is 9.95. The van der Waals surface area contributed by atoms with Gasteiger partial charge in [-0.2, -0.15) is 13.5 Å². The number of carbonyl (C=O) groups excluding carboxylic acids is 1. The molecule has 0 unspecified atom stereocenters. The van der Waals surface area contributed by atoms with Crippen molar-refractivity contribution >= 4 is 27.5 Å². The fourth-order valence-electron chi connectivity index (χ4n) is 2.69. The van der Waals surface area contributed by atoms with Gasteiger partial charge < -0.3 is 10.1 Å². The summed E-state index contributed by atoms with van der Waals surface area (Å²) in [5, 5.41) is 7.00. The first kappa shape index (κ1) is 19.6. The maximum atomic E-state index is 12.8. The van der Waals surface area contributed by atoms with E-state index in [0.717, 1.165) is 4.31 Å². The van der Waals surface area contributed by atoms with Crippen molar-refractivity contribution in [3.63, 3.8) is 0 Å². The number of ether oxygens (including phenoxy) is 1. The van der Waals surface area contributed by atoms with Crippen LogP contribution in [-0.4, -0.2) is 48.3 Å². The molecule has 1 aromatic heterocycles. The summed E-state index contributed by atoms with van der Waals surface area (Å²) in [5.41, 5.74) is 1.84. The second-order valence-electron chi connectivity index (χ2n) is 6.12. The number of likely N-dealkylation sites (N-methyl/N-ethyl adjacent to an activating group) is 1. The summed E-state index contributed by atoms with van der Waals surface area (Å²) in [4.78, 5) is 12.8. The zero-order valence-corrected chi connectivity index (χ0v) is 16.8. The van der Waals surface area contributed by atoms with E-state index in [1.165, 1.54) is 13.1 Å². The van der Waals surface area contributed by atoms with Crippen LogP contribution in [0.4, 0.5) is 5.69 Å². The minimum atomic E-state index is -4.04. The number of rotatable bonds is 5. The molecule has 1 N–H and O–H groups in total. The molecule has 0 saturated heterocycles. The van der Waals surface area contributed by atoms with Crippen molar-refractivity contribution in [1.82, 2.24) is 14.1 Å². The quantitative estimate of drug-likeness (QED) is 0.818. The number of methoxy groups -OCH3 is 1. The van der Waals surface area contributed by atoms with E-state index in [0.29, 0.717) is 29.2 Å². The third-order valence-corrected chi connectivity index (χ3v) is 5.62. The average Bonchev–Trinajstić information content (AvgIpc) is 3.05. The summed E-state index contributed by atoms with van der Waals surface area (Å²) < 4.78 is 36.4. The molecule has 0 bridgehead atoms. The van der Waals surface area contributed by atoms with Crippen LogP contribution in [0.3, 0.4) is 0 Å². The van der Waals surface area contributed by atoms with Crippen molar-refractivity contribution in [2.45, 2.75) is 20.4 Å². The fourth-order valence-corrected chi connectivity index (χ4v) is 3.60. The second-order valence-corrected chi connectivity index (χ2v) is 7.74. The lowest BCUT2D eigenvalue weighted by Crippen LogP contribution is -2.35. The number of hydrogen-bond acceptors (Lipinski definition) is 5.